The molecule has 0 radical (unpaired) electrons. The minimum Gasteiger partial charge on any atom is -0.532 e. The summed E-state index contributed by atoms with van der Waals surface area (Å²) in [4.78, 5) is 0. The fraction of sp³-hybridized carbons (Fsp3) is 0.182. The lowest BCUT2D eigenvalue weighted by Gasteiger charge is -2.43. The predicted molar refractivity (Wildman–Crippen MR) is 106 cm³/mol. The Morgan fingerprint density at radius 1 is 0.808 bits per heavy atom. The van der Waals surface area contributed by atoms with Crippen molar-refractivity contribution in [3.05, 3.63) is 84.7 Å². The molecule has 4 heteroatoms. The summed E-state index contributed by atoms with van der Waals surface area (Å²) in [6, 6.07) is 24.2. The number of phenolic OH excluding ortho intramolecular Hbond substituents is 1. The van der Waals surface area contributed by atoms with Crippen LogP contribution in [0.5, 0.6) is 11.5 Å². The molecule has 2 nitrogen and oxygen atoms in total. The summed E-state index contributed by atoms with van der Waals surface area (Å²) in [7, 11) is -2.86. The monoisotopic (exact) mass is 366 g/mol. The molecule has 0 unspecified atom stereocenters. The number of halogens is 1. The summed E-state index contributed by atoms with van der Waals surface area (Å²) in [6.07, 6.45) is 0. The molecule has 3 aromatic carbocycles. The van der Waals surface area contributed by atoms with Gasteiger partial charge in [0.1, 0.15) is 11.5 Å². The van der Waals surface area contributed by atoms with Gasteiger partial charge in [-0.05, 0) is 27.5 Å². The van der Waals surface area contributed by atoms with Gasteiger partial charge in [0.15, 0.2) is 5.82 Å². The van der Waals surface area contributed by atoms with Crippen molar-refractivity contribution in [2.75, 3.05) is 0 Å². The molecule has 0 aliphatic heterocycles. The molecule has 0 aliphatic rings. The van der Waals surface area contributed by atoms with Gasteiger partial charge < -0.3 is 9.53 Å². The molecule has 0 fully saturated rings. The third kappa shape index (κ3) is 3.25. The molecule has 0 bridgehead atoms. The second-order valence-corrected chi connectivity index (χ2v) is 11.6. The summed E-state index contributed by atoms with van der Waals surface area (Å²) in [5.41, 5.74) is 0. The van der Waals surface area contributed by atoms with E-state index >= 15 is 0 Å². The van der Waals surface area contributed by atoms with Crippen molar-refractivity contribution in [1.29, 1.82) is 0 Å². The lowest BCUT2D eigenvalue weighted by Crippen LogP contribution is -2.68. The molecular weight excluding hydrogens is 343 g/mol. The van der Waals surface area contributed by atoms with Crippen LogP contribution in [-0.4, -0.2) is 13.4 Å². The topological polar surface area (TPSA) is 29.5 Å². The lowest BCUT2D eigenvalue weighted by molar-refractivity contribution is 0.447. The van der Waals surface area contributed by atoms with Crippen molar-refractivity contribution < 1.29 is 13.9 Å². The molecular formula is C22H23FO2Si. The third-order valence-electron chi connectivity index (χ3n) is 4.60. The molecule has 0 heterocycles. The third-order valence-corrected chi connectivity index (χ3v) is 9.53. The Hall–Kier alpha value is -2.59. The van der Waals surface area contributed by atoms with E-state index in [0.29, 0.717) is 0 Å². The van der Waals surface area contributed by atoms with Crippen molar-refractivity contribution in [2.45, 2.75) is 25.8 Å². The van der Waals surface area contributed by atoms with Crippen LogP contribution in [0.15, 0.2) is 78.9 Å². The minimum atomic E-state index is -2.86. The van der Waals surface area contributed by atoms with Gasteiger partial charge in [-0.15, -0.1) is 0 Å². The van der Waals surface area contributed by atoms with Crippen LogP contribution in [-0.2, 0) is 0 Å². The Balaban J connectivity index is 2.27. The highest BCUT2D eigenvalue weighted by Crippen LogP contribution is 2.38. The number of hydrogen-bond acceptors (Lipinski definition) is 2. The molecule has 0 saturated carbocycles. The van der Waals surface area contributed by atoms with Gasteiger partial charge in [0, 0.05) is 6.07 Å². The molecule has 26 heavy (non-hydrogen) atoms. The summed E-state index contributed by atoms with van der Waals surface area (Å²) in [5.74, 6) is -0.507. The lowest BCUT2D eigenvalue weighted by atomic mass is 10.2. The molecule has 3 rings (SSSR count). The smallest absolute Gasteiger partial charge is 0.320 e. The van der Waals surface area contributed by atoms with Gasteiger partial charge in [0.05, 0.1) is 0 Å². The van der Waals surface area contributed by atoms with E-state index in [-0.39, 0.29) is 16.5 Å². The van der Waals surface area contributed by atoms with Gasteiger partial charge in [-0.2, -0.15) is 0 Å². The molecule has 1 N–H and O–H groups in total. The van der Waals surface area contributed by atoms with Gasteiger partial charge in [0.2, 0.25) is 0 Å². The first-order valence-electron chi connectivity index (χ1n) is 8.63. The molecule has 0 spiro atoms. The maximum Gasteiger partial charge on any atom is 0.320 e. The van der Waals surface area contributed by atoms with E-state index < -0.39 is 14.1 Å². The highest BCUT2D eigenvalue weighted by Gasteiger charge is 2.52. The first-order valence-corrected chi connectivity index (χ1v) is 10.5. The van der Waals surface area contributed by atoms with E-state index in [4.69, 9.17) is 4.43 Å². The molecule has 3 aromatic rings. The number of hydrogen-bond donors (Lipinski definition) is 1. The number of aromatic hydroxyl groups is 1. The van der Waals surface area contributed by atoms with Crippen LogP contribution in [0.2, 0.25) is 5.04 Å². The minimum absolute atomic E-state index is 0.114. The average Bonchev–Trinajstić information content (AvgIpc) is 2.62. The number of benzene rings is 3. The van der Waals surface area contributed by atoms with Gasteiger partial charge in [-0.3, -0.25) is 0 Å². The maximum absolute atomic E-state index is 14.5. The number of rotatable bonds is 4. The van der Waals surface area contributed by atoms with Crippen molar-refractivity contribution in [1.82, 2.24) is 0 Å². The highest BCUT2D eigenvalue weighted by molar-refractivity contribution is 7.00. The Morgan fingerprint density at radius 2 is 1.31 bits per heavy atom. The van der Waals surface area contributed by atoms with Crippen LogP contribution in [0.25, 0.3) is 0 Å². The summed E-state index contributed by atoms with van der Waals surface area (Å²) in [6.45, 7) is 6.41. The van der Waals surface area contributed by atoms with Crippen LogP contribution >= 0.6 is 0 Å². The quantitative estimate of drug-likeness (QED) is 0.690. The standard InChI is InChI=1S/C22H23FO2Si/c1-22(2,3)26(18-10-6-4-7-11-18,19-12-8-5-9-13-19)25-21-15-14-17(24)16-20(21)23/h4-16,24H,1-3H3. The summed E-state index contributed by atoms with van der Waals surface area (Å²) in [5, 5.41) is 11.4. The molecule has 0 aliphatic carbocycles. The largest absolute Gasteiger partial charge is 0.532 e. The fourth-order valence-electron chi connectivity index (χ4n) is 3.39. The van der Waals surface area contributed by atoms with Crippen molar-refractivity contribution >= 4 is 18.7 Å². The van der Waals surface area contributed by atoms with Crippen LogP contribution in [0, 0.1) is 5.82 Å². The van der Waals surface area contributed by atoms with Gasteiger partial charge >= 0.3 is 8.32 Å². The zero-order valence-electron chi connectivity index (χ0n) is 15.2. The van der Waals surface area contributed by atoms with Crippen molar-refractivity contribution in [3.8, 4) is 11.5 Å². The zero-order valence-corrected chi connectivity index (χ0v) is 16.2. The first kappa shape index (κ1) is 18.2. The van der Waals surface area contributed by atoms with Crippen LogP contribution in [0.4, 0.5) is 4.39 Å². The Morgan fingerprint density at radius 3 is 1.73 bits per heavy atom. The summed E-state index contributed by atoms with van der Waals surface area (Å²) >= 11 is 0. The first-order chi connectivity index (χ1) is 12.3. The van der Waals surface area contributed by atoms with Crippen molar-refractivity contribution in [2.24, 2.45) is 0 Å². The molecule has 0 amide bonds. The van der Waals surface area contributed by atoms with E-state index in [1.54, 1.807) is 0 Å². The average molecular weight is 367 g/mol. The van der Waals surface area contributed by atoms with Gasteiger partial charge in [-0.1, -0.05) is 81.4 Å². The maximum atomic E-state index is 14.5. The van der Waals surface area contributed by atoms with E-state index in [2.05, 4.69) is 45.0 Å². The molecule has 0 aromatic heterocycles. The molecule has 0 atom stereocenters. The Labute approximate surface area is 155 Å². The molecule has 0 saturated heterocycles. The van der Waals surface area contributed by atoms with Gasteiger partial charge in [-0.25, -0.2) is 4.39 Å². The predicted octanol–water partition coefficient (Wildman–Crippen LogP) is 4.47. The van der Waals surface area contributed by atoms with Crippen molar-refractivity contribution in [3.63, 3.8) is 0 Å². The van der Waals surface area contributed by atoms with Gasteiger partial charge in [0.25, 0.3) is 0 Å². The Bertz CT molecular complexity index is 834. The van der Waals surface area contributed by atoms with Crippen LogP contribution in [0.1, 0.15) is 20.8 Å². The summed E-state index contributed by atoms with van der Waals surface area (Å²) < 4.78 is 21.1. The van der Waals surface area contributed by atoms with E-state index in [9.17, 15) is 9.50 Å². The van der Waals surface area contributed by atoms with Crippen LogP contribution < -0.4 is 14.8 Å². The van der Waals surface area contributed by atoms with E-state index in [0.717, 1.165) is 16.4 Å². The normalized spacial score (nSPS) is 12.0. The Kier molecular flexibility index (Phi) is 4.87. The SMILES string of the molecule is CC(C)(C)[Si](Oc1ccc(O)cc1F)(c1ccccc1)c1ccccc1. The van der Waals surface area contributed by atoms with Crippen LogP contribution in [0.3, 0.4) is 0 Å². The second-order valence-electron chi connectivity index (χ2n) is 7.38. The zero-order chi connectivity index (χ0) is 18.8. The van der Waals surface area contributed by atoms with E-state index in [1.807, 2.05) is 36.4 Å². The molecule has 134 valence electrons. The number of phenols is 1. The second kappa shape index (κ2) is 6.96. The van der Waals surface area contributed by atoms with E-state index in [1.165, 1.54) is 12.1 Å². The fourth-order valence-corrected chi connectivity index (χ4v) is 7.81. The highest BCUT2D eigenvalue weighted by atomic mass is 28.4.